The molecule has 3 rings (SSSR count). The highest BCUT2D eigenvalue weighted by atomic mass is 16.3. The number of hydrogen-bond acceptors (Lipinski definition) is 5. The molecule has 2 heterocycles. The Morgan fingerprint density at radius 1 is 1.21 bits per heavy atom. The maximum Gasteiger partial charge on any atom is 0.135 e. The first-order chi connectivity index (χ1) is 9.24. The Bertz CT molecular complexity index is 441. The van der Waals surface area contributed by atoms with Crippen LogP contribution in [0.4, 0.5) is 5.82 Å². The number of anilines is 1. The Morgan fingerprint density at radius 2 is 2.00 bits per heavy atom. The second-order valence-electron chi connectivity index (χ2n) is 5.61. The molecule has 1 atom stereocenters. The Labute approximate surface area is 114 Å². The third-order valence-corrected chi connectivity index (χ3v) is 4.05. The van der Waals surface area contributed by atoms with Crippen LogP contribution in [-0.4, -0.2) is 58.8 Å². The second-order valence-corrected chi connectivity index (χ2v) is 5.61. The summed E-state index contributed by atoms with van der Waals surface area (Å²) in [6.45, 7) is 6.62. The molecule has 2 aliphatic rings. The molecule has 0 amide bonds. The fraction of sp³-hybridized carbons (Fsp3) is 0.714. The SMILES string of the molecule is CC(O)CN1CCN(c2ncnc3c2CCC3)CC1. The molecular formula is C14H22N4O. The minimum absolute atomic E-state index is 0.241. The summed E-state index contributed by atoms with van der Waals surface area (Å²) in [7, 11) is 0. The smallest absolute Gasteiger partial charge is 0.135 e. The average molecular weight is 262 g/mol. The van der Waals surface area contributed by atoms with Crippen molar-refractivity contribution < 1.29 is 5.11 Å². The molecular weight excluding hydrogens is 240 g/mol. The van der Waals surface area contributed by atoms with E-state index in [1.807, 2.05) is 6.92 Å². The molecule has 0 saturated carbocycles. The van der Waals surface area contributed by atoms with Crippen LogP contribution in [-0.2, 0) is 12.8 Å². The topological polar surface area (TPSA) is 52.5 Å². The fourth-order valence-corrected chi connectivity index (χ4v) is 3.13. The molecule has 1 saturated heterocycles. The van der Waals surface area contributed by atoms with Gasteiger partial charge in [-0.3, -0.25) is 4.90 Å². The van der Waals surface area contributed by atoms with Gasteiger partial charge in [-0.1, -0.05) is 0 Å². The van der Waals surface area contributed by atoms with Crippen LogP contribution in [0, 0.1) is 0 Å². The molecule has 1 fully saturated rings. The van der Waals surface area contributed by atoms with Gasteiger partial charge in [0.15, 0.2) is 0 Å². The van der Waals surface area contributed by atoms with Crippen molar-refractivity contribution in [2.24, 2.45) is 0 Å². The largest absolute Gasteiger partial charge is 0.392 e. The zero-order chi connectivity index (χ0) is 13.2. The zero-order valence-electron chi connectivity index (χ0n) is 11.5. The van der Waals surface area contributed by atoms with Gasteiger partial charge in [0.05, 0.1) is 6.10 Å². The minimum atomic E-state index is -0.241. The van der Waals surface area contributed by atoms with Gasteiger partial charge in [0, 0.05) is 44.0 Å². The van der Waals surface area contributed by atoms with Gasteiger partial charge in [-0.15, -0.1) is 0 Å². The average Bonchev–Trinajstić information content (AvgIpc) is 2.87. The number of fused-ring (bicyclic) bond motifs is 1. The number of nitrogens with zero attached hydrogens (tertiary/aromatic N) is 4. The van der Waals surface area contributed by atoms with Crippen molar-refractivity contribution in [3.05, 3.63) is 17.6 Å². The summed E-state index contributed by atoms with van der Waals surface area (Å²) in [6, 6.07) is 0. The molecule has 1 unspecified atom stereocenters. The van der Waals surface area contributed by atoms with Crippen molar-refractivity contribution in [2.45, 2.75) is 32.3 Å². The lowest BCUT2D eigenvalue weighted by molar-refractivity contribution is 0.122. The van der Waals surface area contributed by atoms with E-state index >= 15 is 0 Å². The van der Waals surface area contributed by atoms with Crippen LogP contribution in [0.3, 0.4) is 0 Å². The highest BCUT2D eigenvalue weighted by molar-refractivity contribution is 5.50. The number of rotatable bonds is 3. The number of aromatic nitrogens is 2. The number of aryl methyl sites for hydroxylation is 1. The van der Waals surface area contributed by atoms with Crippen LogP contribution in [0.15, 0.2) is 6.33 Å². The monoisotopic (exact) mass is 262 g/mol. The first-order valence-corrected chi connectivity index (χ1v) is 7.22. The van der Waals surface area contributed by atoms with Crippen molar-refractivity contribution in [2.75, 3.05) is 37.6 Å². The summed E-state index contributed by atoms with van der Waals surface area (Å²) in [6.07, 6.45) is 4.91. The number of hydrogen-bond donors (Lipinski definition) is 1. The van der Waals surface area contributed by atoms with Gasteiger partial charge in [-0.2, -0.15) is 0 Å². The van der Waals surface area contributed by atoms with E-state index in [1.165, 1.54) is 17.7 Å². The lowest BCUT2D eigenvalue weighted by Crippen LogP contribution is -2.48. The summed E-state index contributed by atoms with van der Waals surface area (Å²) in [5.41, 5.74) is 2.61. The molecule has 1 aromatic rings. The molecule has 5 nitrogen and oxygen atoms in total. The molecule has 0 radical (unpaired) electrons. The Morgan fingerprint density at radius 3 is 2.74 bits per heavy atom. The predicted octanol–water partition coefficient (Wildman–Crippen LogP) is 0.468. The molecule has 1 aliphatic carbocycles. The molecule has 0 spiro atoms. The quantitative estimate of drug-likeness (QED) is 0.858. The fourth-order valence-electron chi connectivity index (χ4n) is 3.13. The summed E-state index contributed by atoms with van der Waals surface area (Å²) in [5.74, 6) is 1.15. The van der Waals surface area contributed by atoms with Crippen molar-refractivity contribution in [1.29, 1.82) is 0 Å². The third-order valence-electron chi connectivity index (χ3n) is 4.05. The highest BCUT2D eigenvalue weighted by Crippen LogP contribution is 2.28. The van der Waals surface area contributed by atoms with Crippen LogP contribution in [0.25, 0.3) is 0 Å². The Hall–Kier alpha value is -1.20. The summed E-state index contributed by atoms with van der Waals surface area (Å²) < 4.78 is 0. The molecule has 19 heavy (non-hydrogen) atoms. The van der Waals surface area contributed by atoms with E-state index in [0.29, 0.717) is 0 Å². The zero-order valence-corrected chi connectivity index (χ0v) is 11.5. The van der Waals surface area contributed by atoms with Crippen LogP contribution in [0.1, 0.15) is 24.6 Å². The molecule has 1 aliphatic heterocycles. The van der Waals surface area contributed by atoms with Crippen LogP contribution < -0.4 is 4.90 Å². The van der Waals surface area contributed by atoms with Crippen LogP contribution in [0.5, 0.6) is 0 Å². The van der Waals surface area contributed by atoms with Crippen LogP contribution in [0.2, 0.25) is 0 Å². The van der Waals surface area contributed by atoms with Crippen LogP contribution >= 0.6 is 0 Å². The van der Waals surface area contributed by atoms with Gasteiger partial charge in [0.25, 0.3) is 0 Å². The molecule has 1 aromatic heterocycles. The Kier molecular flexibility index (Phi) is 3.66. The number of aliphatic hydroxyl groups is 1. The molecule has 0 bridgehead atoms. The van der Waals surface area contributed by atoms with Crippen molar-refractivity contribution in [1.82, 2.24) is 14.9 Å². The first kappa shape index (κ1) is 12.8. The van der Waals surface area contributed by atoms with Gasteiger partial charge in [0.2, 0.25) is 0 Å². The maximum atomic E-state index is 9.44. The van der Waals surface area contributed by atoms with E-state index in [1.54, 1.807) is 6.33 Å². The maximum absolute atomic E-state index is 9.44. The van der Waals surface area contributed by atoms with Gasteiger partial charge < -0.3 is 10.0 Å². The minimum Gasteiger partial charge on any atom is -0.392 e. The molecule has 5 heteroatoms. The Balaban J connectivity index is 1.67. The van der Waals surface area contributed by atoms with E-state index in [0.717, 1.165) is 51.4 Å². The summed E-state index contributed by atoms with van der Waals surface area (Å²) in [4.78, 5) is 13.6. The predicted molar refractivity (Wildman–Crippen MR) is 74.4 cm³/mol. The normalized spacial score (nSPS) is 21.5. The van der Waals surface area contributed by atoms with E-state index in [2.05, 4.69) is 19.8 Å². The third kappa shape index (κ3) is 2.72. The summed E-state index contributed by atoms with van der Waals surface area (Å²) in [5, 5.41) is 9.44. The standard InChI is InChI=1S/C14H22N4O/c1-11(19)9-17-5-7-18(8-6-17)14-12-3-2-4-13(12)15-10-16-14/h10-11,19H,2-9H2,1H3. The number of β-amino-alcohol motifs (C(OH)–C–C–N with tert-alkyl or cyclic N) is 1. The highest BCUT2D eigenvalue weighted by Gasteiger charge is 2.24. The van der Waals surface area contributed by atoms with E-state index < -0.39 is 0 Å². The van der Waals surface area contributed by atoms with Crippen molar-refractivity contribution in [3.8, 4) is 0 Å². The van der Waals surface area contributed by atoms with Crippen molar-refractivity contribution >= 4 is 5.82 Å². The van der Waals surface area contributed by atoms with Gasteiger partial charge in [-0.05, 0) is 26.2 Å². The lowest BCUT2D eigenvalue weighted by atomic mass is 10.2. The second kappa shape index (κ2) is 5.43. The summed E-state index contributed by atoms with van der Waals surface area (Å²) >= 11 is 0. The van der Waals surface area contributed by atoms with Gasteiger partial charge in [0.1, 0.15) is 12.1 Å². The van der Waals surface area contributed by atoms with E-state index in [-0.39, 0.29) is 6.10 Å². The lowest BCUT2D eigenvalue weighted by Gasteiger charge is -2.36. The van der Waals surface area contributed by atoms with E-state index in [4.69, 9.17) is 0 Å². The van der Waals surface area contributed by atoms with E-state index in [9.17, 15) is 5.11 Å². The number of aliphatic hydroxyl groups excluding tert-OH is 1. The van der Waals surface area contributed by atoms with Crippen molar-refractivity contribution in [3.63, 3.8) is 0 Å². The molecule has 0 aromatic carbocycles. The molecule has 1 N–H and O–H groups in total. The van der Waals surface area contributed by atoms with Gasteiger partial charge in [-0.25, -0.2) is 9.97 Å². The molecule has 104 valence electrons. The number of piperazine rings is 1. The first-order valence-electron chi connectivity index (χ1n) is 7.22. The van der Waals surface area contributed by atoms with Gasteiger partial charge >= 0.3 is 0 Å².